The number of carbonyl (C=O) groups is 3. The molecule has 1 aromatic heterocycles. The predicted octanol–water partition coefficient (Wildman–Crippen LogP) is 0.411. The van der Waals surface area contributed by atoms with Crippen molar-refractivity contribution < 1.29 is 29.3 Å². The second kappa shape index (κ2) is 5.50. The summed E-state index contributed by atoms with van der Waals surface area (Å²) in [6.45, 7) is -0.121. The summed E-state index contributed by atoms with van der Waals surface area (Å²) in [5, 5.41) is 20.5. The first-order chi connectivity index (χ1) is 9.07. The third kappa shape index (κ3) is 2.66. The maximum atomic E-state index is 12.1. The van der Waals surface area contributed by atoms with Crippen LogP contribution in [0.1, 0.15) is 9.67 Å². The van der Waals surface area contributed by atoms with Crippen LogP contribution in [0.4, 0.5) is 0 Å². The highest BCUT2D eigenvalue weighted by Gasteiger charge is 2.62. The molecule has 0 amide bonds. The zero-order valence-electron chi connectivity index (χ0n) is 9.76. The van der Waals surface area contributed by atoms with E-state index in [4.69, 9.17) is 5.11 Å². The number of ether oxygens (including phenoxy) is 1. The summed E-state index contributed by atoms with van der Waals surface area (Å²) >= 11 is 1.23. The Morgan fingerprint density at radius 1 is 1.47 bits per heavy atom. The van der Waals surface area contributed by atoms with Crippen molar-refractivity contribution in [3.05, 3.63) is 22.4 Å². The van der Waals surface area contributed by atoms with Gasteiger partial charge in [0.1, 0.15) is 6.61 Å². The molecule has 1 aromatic rings. The summed E-state index contributed by atoms with van der Waals surface area (Å²) in [5.74, 6) is -3.77. The first-order valence-electron chi connectivity index (χ1n) is 5.61. The maximum Gasteiger partial charge on any atom is 0.307 e. The molecule has 19 heavy (non-hydrogen) atoms. The standard InChI is InChI=1S/C12H12O6S/c13-5-18-4-6(14)8-9(10(8)12(16)17)11(15)7-2-1-3-19-7/h1-3,5-6,8-10,14H,4H2,(H,16,17)/t6-,8+,9+,10+/m1/s1. The van der Waals surface area contributed by atoms with Gasteiger partial charge in [-0.3, -0.25) is 14.4 Å². The molecule has 1 aliphatic rings. The Bertz CT molecular complexity index is 482. The molecule has 0 bridgehead atoms. The minimum absolute atomic E-state index is 0.178. The number of carboxylic acids is 1. The number of aliphatic carboxylic acids is 1. The van der Waals surface area contributed by atoms with Gasteiger partial charge in [0.05, 0.1) is 16.9 Å². The summed E-state index contributed by atoms with van der Waals surface area (Å²) in [4.78, 5) is 33.7. The summed E-state index contributed by atoms with van der Waals surface area (Å²) in [6.07, 6.45) is -1.14. The molecule has 7 heteroatoms. The number of hydrogen-bond acceptors (Lipinski definition) is 6. The molecule has 0 aliphatic heterocycles. The fourth-order valence-corrected chi connectivity index (χ4v) is 3.01. The van der Waals surface area contributed by atoms with Crippen LogP contribution in [-0.2, 0) is 14.3 Å². The van der Waals surface area contributed by atoms with Crippen LogP contribution >= 0.6 is 11.3 Å². The van der Waals surface area contributed by atoms with E-state index in [-0.39, 0.29) is 18.9 Å². The van der Waals surface area contributed by atoms with Crippen LogP contribution in [-0.4, -0.2) is 41.1 Å². The number of aliphatic hydroxyl groups is 1. The van der Waals surface area contributed by atoms with Gasteiger partial charge in [0, 0.05) is 11.8 Å². The zero-order chi connectivity index (χ0) is 14.0. The van der Waals surface area contributed by atoms with Crippen molar-refractivity contribution in [2.24, 2.45) is 17.8 Å². The SMILES string of the molecule is O=COC[C@@H](O)[C@@H]1[C@H](C(=O)O)[C@H]1C(=O)c1cccs1. The van der Waals surface area contributed by atoms with Gasteiger partial charge in [-0.15, -0.1) is 11.3 Å². The molecule has 0 radical (unpaired) electrons. The van der Waals surface area contributed by atoms with Crippen molar-refractivity contribution in [2.75, 3.05) is 6.61 Å². The van der Waals surface area contributed by atoms with Gasteiger partial charge in [0.2, 0.25) is 0 Å². The Balaban J connectivity index is 2.09. The van der Waals surface area contributed by atoms with Crippen molar-refractivity contribution in [1.29, 1.82) is 0 Å². The van der Waals surface area contributed by atoms with Crippen molar-refractivity contribution >= 4 is 29.6 Å². The number of carboxylic acid groups (broad SMARTS) is 1. The van der Waals surface area contributed by atoms with E-state index in [1.807, 2.05) is 0 Å². The monoisotopic (exact) mass is 284 g/mol. The first kappa shape index (κ1) is 13.7. The Labute approximate surface area is 112 Å². The lowest BCUT2D eigenvalue weighted by Gasteiger charge is -2.07. The van der Waals surface area contributed by atoms with Gasteiger partial charge >= 0.3 is 5.97 Å². The first-order valence-corrected chi connectivity index (χ1v) is 6.49. The van der Waals surface area contributed by atoms with Crippen molar-refractivity contribution in [3.8, 4) is 0 Å². The van der Waals surface area contributed by atoms with E-state index >= 15 is 0 Å². The molecule has 2 rings (SSSR count). The van der Waals surface area contributed by atoms with Gasteiger partial charge in [0.25, 0.3) is 6.47 Å². The van der Waals surface area contributed by atoms with Crippen molar-refractivity contribution in [2.45, 2.75) is 6.10 Å². The third-order valence-electron chi connectivity index (χ3n) is 3.21. The summed E-state index contributed by atoms with van der Waals surface area (Å²) < 4.78 is 4.41. The Morgan fingerprint density at radius 3 is 2.74 bits per heavy atom. The Hall–Kier alpha value is -1.73. The van der Waals surface area contributed by atoms with Gasteiger partial charge in [-0.2, -0.15) is 0 Å². The number of carbonyl (C=O) groups excluding carboxylic acids is 2. The fraction of sp³-hybridized carbons (Fsp3) is 0.417. The average molecular weight is 284 g/mol. The molecule has 0 saturated heterocycles. The van der Waals surface area contributed by atoms with Gasteiger partial charge in [-0.05, 0) is 11.4 Å². The molecular formula is C12H12O6S. The van der Waals surface area contributed by atoms with Crippen LogP contribution in [0.25, 0.3) is 0 Å². The van der Waals surface area contributed by atoms with Gasteiger partial charge in [0.15, 0.2) is 5.78 Å². The average Bonchev–Trinajstić information content (AvgIpc) is 2.90. The molecule has 1 saturated carbocycles. The normalized spacial score (nSPS) is 26.5. The topological polar surface area (TPSA) is 101 Å². The van der Waals surface area contributed by atoms with Crippen molar-refractivity contribution in [1.82, 2.24) is 0 Å². The molecule has 1 heterocycles. The zero-order valence-corrected chi connectivity index (χ0v) is 10.6. The molecule has 1 aliphatic carbocycles. The fourth-order valence-electron chi connectivity index (χ4n) is 2.30. The number of aliphatic hydroxyl groups excluding tert-OH is 1. The molecule has 2 N–H and O–H groups in total. The Kier molecular flexibility index (Phi) is 3.96. The van der Waals surface area contributed by atoms with E-state index in [1.165, 1.54) is 11.3 Å². The molecular weight excluding hydrogens is 272 g/mol. The second-order valence-electron chi connectivity index (χ2n) is 4.31. The molecule has 0 spiro atoms. The molecule has 6 nitrogen and oxygen atoms in total. The third-order valence-corrected chi connectivity index (χ3v) is 4.09. The summed E-state index contributed by atoms with van der Waals surface area (Å²) in [6, 6.07) is 3.33. The largest absolute Gasteiger partial charge is 0.481 e. The van der Waals surface area contributed by atoms with Gasteiger partial charge < -0.3 is 14.9 Å². The van der Waals surface area contributed by atoms with E-state index in [0.29, 0.717) is 4.88 Å². The minimum Gasteiger partial charge on any atom is -0.481 e. The number of Topliss-reactive ketones (excluding diaryl/α,β-unsaturated/α-hetero) is 1. The Morgan fingerprint density at radius 2 is 2.21 bits per heavy atom. The lowest BCUT2D eigenvalue weighted by molar-refractivity contribution is -0.139. The summed E-state index contributed by atoms with van der Waals surface area (Å²) in [7, 11) is 0. The van der Waals surface area contributed by atoms with E-state index in [2.05, 4.69) is 4.74 Å². The van der Waals surface area contributed by atoms with Crippen LogP contribution in [0.5, 0.6) is 0 Å². The minimum atomic E-state index is -1.14. The van der Waals surface area contributed by atoms with E-state index in [9.17, 15) is 19.5 Å². The molecule has 0 unspecified atom stereocenters. The lowest BCUT2D eigenvalue weighted by Crippen LogP contribution is -2.20. The molecule has 4 atom stereocenters. The van der Waals surface area contributed by atoms with E-state index in [1.54, 1.807) is 17.5 Å². The second-order valence-corrected chi connectivity index (χ2v) is 5.25. The molecule has 0 aromatic carbocycles. The molecule has 1 fully saturated rings. The van der Waals surface area contributed by atoms with Gasteiger partial charge in [-0.1, -0.05) is 6.07 Å². The van der Waals surface area contributed by atoms with Gasteiger partial charge in [-0.25, -0.2) is 0 Å². The predicted molar refractivity (Wildman–Crippen MR) is 64.8 cm³/mol. The van der Waals surface area contributed by atoms with E-state index in [0.717, 1.165) is 0 Å². The van der Waals surface area contributed by atoms with Crippen LogP contribution < -0.4 is 0 Å². The van der Waals surface area contributed by atoms with Crippen molar-refractivity contribution in [3.63, 3.8) is 0 Å². The number of hydrogen-bond donors (Lipinski definition) is 2. The van der Waals surface area contributed by atoms with Crippen LogP contribution in [0.15, 0.2) is 17.5 Å². The highest BCUT2D eigenvalue weighted by atomic mass is 32.1. The highest BCUT2D eigenvalue weighted by molar-refractivity contribution is 7.12. The smallest absolute Gasteiger partial charge is 0.307 e. The number of ketones is 1. The van der Waals surface area contributed by atoms with Crippen LogP contribution in [0, 0.1) is 17.8 Å². The van der Waals surface area contributed by atoms with Crippen LogP contribution in [0.3, 0.4) is 0 Å². The number of rotatable bonds is 7. The van der Waals surface area contributed by atoms with E-state index < -0.39 is 29.8 Å². The highest BCUT2D eigenvalue weighted by Crippen LogP contribution is 2.51. The van der Waals surface area contributed by atoms with Crippen LogP contribution in [0.2, 0.25) is 0 Å². The number of thiophene rings is 1. The summed E-state index contributed by atoms with van der Waals surface area (Å²) in [5.41, 5.74) is 0. The molecule has 102 valence electrons. The maximum absolute atomic E-state index is 12.1. The lowest BCUT2D eigenvalue weighted by atomic mass is 10.1. The quantitative estimate of drug-likeness (QED) is 0.555.